The van der Waals surface area contributed by atoms with Gasteiger partial charge in [0.15, 0.2) is 5.16 Å². The Morgan fingerprint density at radius 1 is 1.09 bits per heavy atom. The Morgan fingerprint density at radius 2 is 1.84 bits per heavy atom. The number of rotatable bonds is 6. The molecule has 1 aromatic heterocycles. The van der Waals surface area contributed by atoms with Crippen LogP contribution in [0.5, 0.6) is 5.75 Å². The maximum absolute atomic E-state index is 14.5. The molecule has 0 atom stereocenters. The van der Waals surface area contributed by atoms with Gasteiger partial charge in [-0.25, -0.2) is 13.8 Å². The van der Waals surface area contributed by atoms with Gasteiger partial charge in [0, 0.05) is 6.07 Å². The maximum atomic E-state index is 14.5. The normalized spacial score (nSPS) is 10.8. The zero-order valence-electron chi connectivity index (χ0n) is 16.8. The van der Waals surface area contributed by atoms with Gasteiger partial charge in [-0.1, -0.05) is 36.0 Å². The van der Waals surface area contributed by atoms with Gasteiger partial charge in [0.1, 0.15) is 17.4 Å². The number of ether oxygens (including phenoxy) is 1. The van der Waals surface area contributed by atoms with Crippen molar-refractivity contribution in [3.8, 4) is 11.4 Å². The van der Waals surface area contributed by atoms with E-state index >= 15 is 0 Å². The molecule has 0 unspecified atom stereocenters. The first kappa shape index (κ1) is 21.5. The number of carbonyl (C=O) groups is 1. The average molecular weight is 453 g/mol. The minimum atomic E-state index is -0.912. The highest BCUT2D eigenvalue weighted by Gasteiger charge is 2.18. The molecule has 4 rings (SSSR count). The Bertz CT molecular complexity index is 1370. The van der Waals surface area contributed by atoms with E-state index in [9.17, 15) is 18.4 Å². The summed E-state index contributed by atoms with van der Waals surface area (Å²) in [5.41, 5.74) is 0.231. The summed E-state index contributed by atoms with van der Waals surface area (Å²) in [7, 11) is 1.49. The van der Waals surface area contributed by atoms with Crippen molar-refractivity contribution >= 4 is 34.3 Å². The predicted octanol–water partition coefficient (Wildman–Crippen LogP) is 4.40. The molecule has 1 amide bonds. The van der Waals surface area contributed by atoms with Crippen molar-refractivity contribution in [2.45, 2.75) is 5.16 Å². The minimum Gasteiger partial charge on any atom is -0.495 e. The van der Waals surface area contributed by atoms with Crippen molar-refractivity contribution in [3.63, 3.8) is 0 Å². The Morgan fingerprint density at radius 3 is 2.62 bits per heavy atom. The van der Waals surface area contributed by atoms with Gasteiger partial charge in [0.25, 0.3) is 5.56 Å². The number of carbonyl (C=O) groups excluding carboxylic acids is 1. The van der Waals surface area contributed by atoms with E-state index in [-0.39, 0.29) is 27.9 Å². The van der Waals surface area contributed by atoms with Gasteiger partial charge in [-0.15, -0.1) is 0 Å². The highest BCUT2D eigenvalue weighted by atomic mass is 32.2. The number of hydrogen-bond donors (Lipinski definition) is 1. The summed E-state index contributed by atoms with van der Waals surface area (Å²) in [6.07, 6.45) is 0. The summed E-state index contributed by atoms with van der Waals surface area (Å²) in [5, 5.41) is 3.12. The van der Waals surface area contributed by atoms with E-state index in [0.717, 1.165) is 22.4 Å². The first-order chi connectivity index (χ1) is 15.5. The number of aromatic nitrogens is 2. The number of hydrogen-bond acceptors (Lipinski definition) is 5. The third kappa shape index (κ3) is 4.33. The average Bonchev–Trinajstić information content (AvgIpc) is 2.79. The van der Waals surface area contributed by atoms with Crippen LogP contribution in [0.25, 0.3) is 16.6 Å². The summed E-state index contributed by atoms with van der Waals surface area (Å²) in [5.74, 6) is -1.65. The van der Waals surface area contributed by atoms with Crippen LogP contribution < -0.4 is 15.6 Å². The first-order valence-corrected chi connectivity index (χ1v) is 10.5. The van der Waals surface area contributed by atoms with E-state index < -0.39 is 17.2 Å². The van der Waals surface area contributed by atoms with E-state index in [1.54, 1.807) is 48.5 Å². The van der Waals surface area contributed by atoms with Gasteiger partial charge in [-0.05, 0) is 36.4 Å². The molecule has 1 heterocycles. The molecule has 0 bridgehead atoms. The molecule has 4 aromatic rings. The Kier molecular flexibility index (Phi) is 6.18. The smallest absolute Gasteiger partial charge is 0.266 e. The predicted molar refractivity (Wildman–Crippen MR) is 120 cm³/mol. The standard InChI is InChI=1S/C23H17F2N3O3S/c1-31-20-9-5-4-8-18(20)26-21(29)13-32-23-27-17-7-3-2-6-15(17)22(30)28(23)19-11-10-14(24)12-16(19)25/h2-12H,13H2,1H3,(H,26,29). The monoisotopic (exact) mass is 453 g/mol. The SMILES string of the molecule is COc1ccccc1NC(=O)CSc1nc2ccccc2c(=O)n1-c1ccc(F)cc1F. The van der Waals surface area contributed by atoms with Crippen LogP contribution in [0.3, 0.4) is 0 Å². The van der Waals surface area contributed by atoms with E-state index in [1.165, 1.54) is 13.2 Å². The number of methoxy groups -OCH3 is 1. The molecule has 0 aliphatic heterocycles. The zero-order valence-corrected chi connectivity index (χ0v) is 17.7. The van der Waals surface area contributed by atoms with E-state index in [4.69, 9.17) is 4.74 Å². The van der Waals surface area contributed by atoms with E-state index in [2.05, 4.69) is 10.3 Å². The van der Waals surface area contributed by atoms with Gasteiger partial charge in [-0.3, -0.25) is 14.2 Å². The molecule has 0 saturated carbocycles. The molecule has 9 heteroatoms. The quantitative estimate of drug-likeness (QED) is 0.346. The van der Waals surface area contributed by atoms with Crippen molar-refractivity contribution in [1.82, 2.24) is 9.55 Å². The highest BCUT2D eigenvalue weighted by Crippen LogP contribution is 2.26. The van der Waals surface area contributed by atoms with E-state index in [0.29, 0.717) is 23.0 Å². The summed E-state index contributed by atoms with van der Waals surface area (Å²) in [4.78, 5) is 30.1. The fourth-order valence-corrected chi connectivity index (χ4v) is 3.95. The summed E-state index contributed by atoms with van der Waals surface area (Å²) >= 11 is 0.963. The molecule has 0 fully saturated rings. The van der Waals surface area contributed by atoms with Crippen LogP contribution in [0, 0.1) is 11.6 Å². The number of anilines is 1. The second kappa shape index (κ2) is 9.19. The highest BCUT2D eigenvalue weighted by molar-refractivity contribution is 7.99. The molecule has 0 radical (unpaired) electrons. The lowest BCUT2D eigenvalue weighted by Crippen LogP contribution is -2.23. The number of amides is 1. The van der Waals surface area contributed by atoms with Gasteiger partial charge in [0.05, 0.1) is 35.1 Å². The van der Waals surface area contributed by atoms with Crippen molar-refractivity contribution in [2.75, 3.05) is 18.2 Å². The molecule has 162 valence electrons. The largest absolute Gasteiger partial charge is 0.495 e. The van der Waals surface area contributed by atoms with Gasteiger partial charge >= 0.3 is 0 Å². The molecule has 0 aliphatic carbocycles. The Hall–Kier alpha value is -3.72. The van der Waals surface area contributed by atoms with Crippen LogP contribution in [-0.2, 0) is 4.79 Å². The topological polar surface area (TPSA) is 73.2 Å². The number of fused-ring (bicyclic) bond motifs is 1. The molecule has 0 spiro atoms. The molecule has 32 heavy (non-hydrogen) atoms. The number of halogens is 2. The number of thioether (sulfide) groups is 1. The molecule has 0 saturated heterocycles. The zero-order chi connectivity index (χ0) is 22.7. The summed E-state index contributed by atoms with van der Waals surface area (Å²) in [6, 6.07) is 16.5. The van der Waals surface area contributed by atoms with Crippen LogP contribution in [0.1, 0.15) is 0 Å². The lowest BCUT2D eigenvalue weighted by atomic mass is 10.2. The molecule has 6 nitrogen and oxygen atoms in total. The lowest BCUT2D eigenvalue weighted by Gasteiger charge is -2.14. The van der Waals surface area contributed by atoms with Crippen molar-refractivity contribution in [1.29, 1.82) is 0 Å². The number of para-hydroxylation sites is 3. The van der Waals surface area contributed by atoms with Crippen LogP contribution in [0.2, 0.25) is 0 Å². The maximum Gasteiger partial charge on any atom is 0.266 e. The van der Waals surface area contributed by atoms with Crippen molar-refractivity contribution < 1.29 is 18.3 Å². The van der Waals surface area contributed by atoms with Crippen molar-refractivity contribution in [2.24, 2.45) is 0 Å². The lowest BCUT2D eigenvalue weighted by molar-refractivity contribution is -0.113. The molecule has 3 aromatic carbocycles. The Labute approximate surface area is 185 Å². The van der Waals surface area contributed by atoms with Crippen LogP contribution in [0.4, 0.5) is 14.5 Å². The van der Waals surface area contributed by atoms with Crippen molar-refractivity contribution in [3.05, 3.63) is 88.7 Å². The molecular formula is C23H17F2N3O3S. The minimum absolute atomic E-state index is 0.106. The van der Waals surface area contributed by atoms with Gasteiger partial charge in [-0.2, -0.15) is 0 Å². The first-order valence-electron chi connectivity index (χ1n) is 9.51. The molecular weight excluding hydrogens is 436 g/mol. The van der Waals surface area contributed by atoms with Gasteiger partial charge in [0.2, 0.25) is 5.91 Å². The second-order valence-electron chi connectivity index (χ2n) is 6.68. The summed E-state index contributed by atoms with van der Waals surface area (Å²) in [6.45, 7) is 0. The third-order valence-corrected chi connectivity index (χ3v) is 5.55. The third-order valence-electron chi connectivity index (χ3n) is 4.61. The summed E-state index contributed by atoms with van der Waals surface area (Å²) < 4.78 is 34.2. The van der Waals surface area contributed by atoms with Gasteiger partial charge < -0.3 is 10.1 Å². The van der Waals surface area contributed by atoms with E-state index in [1.807, 2.05) is 0 Å². The fourth-order valence-electron chi connectivity index (χ4n) is 3.15. The number of benzene rings is 3. The number of nitrogens with one attached hydrogen (secondary N) is 1. The van der Waals surface area contributed by atoms with Crippen LogP contribution in [0.15, 0.2) is 76.7 Å². The fraction of sp³-hybridized carbons (Fsp3) is 0.0870. The number of nitrogens with zero attached hydrogens (tertiary/aromatic N) is 2. The molecule has 0 aliphatic rings. The molecule has 1 N–H and O–H groups in total. The second-order valence-corrected chi connectivity index (χ2v) is 7.63. The van der Waals surface area contributed by atoms with Crippen LogP contribution in [-0.4, -0.2) is 28.3 Å². The van der Waals surface area contributed by atoms with Crippen LogP contribution >= 0.6 is 11.8 Å². The Balaban J connectivity index is 1.70.